The normalized spacial score (nSPS) is 15.1. The molecule has 0 radical (unpaired) electrons. The van der Waals surface area contributed by atoms with E-state index in [-0.39, 0.29) is 24.5 Å². The second kappa shape index (κ2) is 10.9. The molecule has 29 heavy (non-hydrogen) atoms. The lowest BCUT2D eigenvalue weighted by Gasteiger charge is -2.35. The average Bonchev–Trinajstić information content (AvgIpc) is 3.09. The van der Waals surface area contributed by atoms with Crippen molar-refractivity contribution in [2.45, 2.75) is 32.8 Å². The number of piperazine rings is 1. The van der Waals surface area contributed by atoms with Crippen LogP contribution in [-0.2, 0) is 9.53 Å². The Bertz CT molecular complexity index is 711. The van der Waals surface area contributed by atoms with Crippen molar-refractivity contribution < 1.29 is 19.1 Å². The summed E-state index contributed by atoms with van der Waals surface area (Å²) < 4.78 is 6.27. The SMILES string of the molecule is CC(C)(C)OC(=O)N1CCN(CCCNC(=O)CNC(=O)c2ccc(Br)s2)CC1. The zero-order chi connectivity index (χ0) is 21.4. The third kappa shape index (κ3) is 8.71. The highest BCUT2D eigenvalue weighted by molar-refractivity contribution is 9.11. The quantitative estimate of drug-likeness (QED) is 0.574. The fourth-order valence-corrected chi connectivity index (χ4v) is 4.06. The smallest absolute Gasteiger partial charge is 0.410 e. The van der Waals surface area contributed by atoms with Gasteiger partial charge in [0.1, 0.15) is 5.60 Å². The molecule has 3 amide bonds. The number of halogens is 1. The van der Waals surface area contributed by atoms with Gasteiger partial charge in [-0.05, 0) is 61.8 Å². The van der Waals surface area contributed by atoms with E-state index in [4.69, 9.17) is 4.74 Å². The number of amides is 3. The molecule has 0 saturated carbocycles. The van der Waals surface area contributed by atoms with Gasteiger partial charge in [-0.1, -0.05) is 0 Å². The fourth-order valence-electron chi connectivity index (χ4n) is 2.76. The van der Waals surface area contributed by atoms with E-state index in [2.05, 4.69) is 31.5 Å². The topological polar surface area (TPSA) is 91.0 Å². The molecule has 0 atom stereocenters. The summed E-state index contributed by atoms with van der Waals surface area (Å²) in [6.07, 6.45) is 0.547. The molecule has 1 aliphatic rings. The van der Waals surface area contributed by atoms with Crippen LogP contribution in [0.5, 0.6) is 0 Å². The Kier molecular flexibility index (Phi) is 8.91. The van der Waals surface area contributed by atoms with Crippen molar-refractivity contribution in [2.75, 3.05) is 45.8 Å². The molecule has 0 spiro atoms. The first-order valence-corrected chi connectivity index (χ1v) is 11.3. The summed E-state index contributed by atoms with van der Waals surface area (Å²) in [5.41, 5.74) is -0.480. The van der Waals surface area contributed by atoms with Crippen molar-refractivity contribution in [2.24, 2.45) is 0 Å². The number of rotatable bonds is 7. The van der Waals surface area contributed by atoms with Crippen LogP contribution in [0.4, 0.5) is 4.79 Å². The van der Waals surface area contributed by atoms with E-state index in [1.807, 2.05) is 20.8 Å². The highest BCUT2D eigenvalue weighted by atomic mass is 79.9. The molecule has 0 unspecified atom stereocenters. The maximum Gasteiger partial charge on any atom is 0.410 e. The highest BCUT2D eigenvalue weighted by Gasteiger charge is 2.25. The minimum Gasteiger partial charge on any atom is -0.444 e. The average molecular weight is 489 g/mol. The third-order valence-corrected chi connectivity index (χ3v) is 5.83. The van der Waals surface area contributed by atoms with Gasteiger partial charge in [0.15, 0.2) is 0 Å². The van der Waals surface area contributed by atoms with Crippen molar-refractivity contribution in [3.05, 3.63) is 20.8 Å². The first kappa shape index (κ1) is 23.6. The van der Waals surface area contributed by atoms with Crippen molar-refractivity contribution in [1.29, 1.82) is 0 Å². The number of nitrogens with one attached hydrogen (secondary N) is 2. The van der Waals surface area contributed by atoms with Crippen LogP contribution >= 0.6 is 27.3 Å². The van der Waals surface area contributed by atoms with Gasteiger partial charge >= 0.3 is 6.09 Å². The second-order valence-corrected chi connectivity index (χ2v) is 10.3. The molecule has 162 valence electrons. The summed E-state index contributed by atoms with van der Waals surface area (Å²) in [5, 5.41) is 5.43. The molecule has 1 fully saturated rings. The number of ether oxygens (including phenoxy) is 1. The number of thiophene rings is 1. The molecule has 10 heteroatoms. The van der Waals surface area contributed by atoms with Crippen molar-refractivity contribution in [1.82, 2.24) is 20.4 Å². The van der Waals surface area contributed by atoms with Crippen LogP contribution in [0.2, 0.25) is 0 Å². The van der Waals surface area contributed by atoms with E-state index in [1.165, 1.54) is 11.3 Å². The molecule has 0 bridgehead atoms. The Hall–Kier alpha value is -1.65. The molecule has 0 aromatic carbocycles. The Balaban J connectivity index is 1.55. The Morgan fingerprint density at radius 2 is 1.83 bits per heavy atom. The zero-order valence-electron chi connectivity index (χ0n) is 17.1. The number of carbonyl (C=O) groups is 3. The summed E-state index contributed by atoms with van der Waals surface area (Å²) in [7, 11) is 0. The van der Waals surface area contributed by atoms with Crippen LogP contribution in [-0.4, -0.2) is 79.1 Å². The largest absolute Gasteiger partial charge is 0.444 e. The molecule has 2 heterocycles. The lowest BCUT2D eigenvalue weighted by molar-refractivity contribution is -0.120. The van der Waals surface area contributed by atoms with Gasteiger partial charge in [0.2, 0.25) is 5.91 Å². The van der Waals surface area contributed by atoms with Gasteiger partial charge in [-0.2, -0.15) is 0 Å². The standard InChI is InChI=1S/C19H29BrN4O4S/c1-19(2,3)28-18(27)24-11-9-23(10-12-24)8-4-7-21-16(25)13-22-17(26)14-5-6-15(20)29-14/h5-6H,4,7-13H2,1-3H3,(H,21,25)(H,22,26). The molecule has 2 N–H and O–H groups in total. The van der Waals surface area contributed by atoms with Crippen LogP contribution in [0.15, 0.2) is 15.9 Å². The van der Waals surface area contributed by atoms with Crippen LogP contribution in [0.1, 0.15) is 36.9 Å². The minimum absolute atomic E-state index is 0.0388. The molecule has 0 aliphatic carbocycles. The van der Waals surface area contributed by atoms with Crippen LogP contribution in [0.25, 0.3) is 0 Å². The summed E-state index contributed by atoms with van der Waals surface area (Å²) in [6.45, 7) is 9.82. The molecule has 1 aliphatic heterocycles. The first-order valence-electron chi connectivity index (χ1n) is 9.64. The Morgan fingerprint density at radius 1 is 1.14 bits per heavy atom. The predicted molar refractivity (Wildman–Crippen MR) is 116 cm³/mol. The Labute approximate surface area is 184 Å². The summed E-state index contributed by atoms with van der Waals surface area (Å²) >= 11 is 4.63. The number of carbonyl (C=O) groups excluding carboxylic acids is 3. The predicted octanol–water partition coefficient (Wildman–Crippen LogP) is 2.30. The van der Waals surface area contributed by atoms with Gasteiger partial charge in [-0.25, -0.2) is 4.79 Å². The van der Waals surface area contributed by atoms with Gasteiger partial charge in [-0.15, -0.1) is 11.3 Å². The maximum atomic E-state index is 12.1. The van der Waals surface area contributed by atoms with Crippen LogP contribution in [0, 0.1) is 0 Å². The van der Waals surface area contributed by atoms with Crippen LogP contribution in [0.3, 0.4) is 0 Å². The monoisotopic (exact) mass is 488 g/mol. The summed E-state index contributed by atoms with van der Waals surface area (Å²) in [5.74, 6) is -0.456. The van der Waals surface area contributed by atoms with Gasteiger partial charge in [0.25, 0.3) is 5.91 Å². The van der Waals surface area contributed by atoms with E-state index < -0.39 is 5.60 Å². The maximum absolute atomic E-state index is 12.1. The van der Waals surface area contributed by atoms with Gasteiger partial charge in [0.05, 0.1) is 15.2 Å². The van der Waals surface area contributed by atoms with Crippen molar-refractivity contribution in [3.8, 4) is 0 Å². The first-order chi connectivity index (χ1) is 13.6. The molecule has 2 rings (SSSR count). The summed E-state index contributed by atoms with van der Waals surface area (Å²) in [4.78, 5) is 40.4. The molecular weight excluding hydrogens is 460 g/mol. The molecule has 1 saturated heterocycles. The van der Waals surface area contributed by atoms with E-state index in [0.29, 0.717) is 24.5 Å². The molecule has 1 aromatic heterocycles. The number of hydrogen-bond donors (Lipinski definition) is 2. The third-order valence-electron chi connectivity index (χ3n) is 4.20. The minimum atomic E-state index is -0.480. The van der Waals surface area contributed by atoms with Crippen molar-refractivity contribution >= 4 is 45.2 Å². The Morgan fingerprint density at radius 3 is 2.41 bits per heavy atom. The lowest BCUT2D eigenvalue weighted by Crippen LogP contribution is -2.50. The van der Waals surface area contributed by atoms with E-state index in [0.717, 1.165) is 29.8 Å². The second-order valence-electron chi connectivity index (χ2n) is 7.80. The van der Waals surface area contributed by atoms with E-state index in [9.17, 15) is 14.4 Å². The summed E-state index contributed by atoms with van der Waals surface area (Å²) in [6, 6.07) is 3.51. The van der Waals surface area contributed by atoms with Gasteiger partial charge in [0, 0.05) is 32.7 Å². The molecule has 1 aromatic rings. The molecular formula is C19H29BrN4O4S. The van der Waals surface area contributed by atoms with Crippen LogP contribution < -0.4 is 10.6 Å². The highest BCUT2D eigenvalue weighted by Crippen LogP contribution is 2.21. The zero-order valence-corrected chi connectivity index (χ0v) is 19.5. The van der Waals surface area contributed by atoms with Gasteiger partial charge in [-0.3, -0.25) is 14.5 Å². The van der Waals surface area contributed by atoms with E-state index >= 15 is 0 Å². The number of hydrogen-bond acceptors (Lipinski definition) is 6. The van der Waals surface area contributed by atoms with Crippen molar-refractivity contribution in [3.63, 3.8) is 0 Å². The fraction of sp³-hybridized carbons (Fsp3) is 0.632. The lowest BCUT2D eigenvalue weighted by atomic mass is 10.2. The van der Waals surface area contributed by atoms with E-state index in [1.54, 1.807) is 17.0 Å². The van der Waals surface area contributed by atoms with Gasteiger partial charge < -0.3 is 20.3 Å². The molecule has 8 nitrogen and oxygen atoms in total. The number of nitrogens with zero attached hydrogens (tertiary/aromatic N) is 2.